The molecule has 0 unspecified atom stereocenters. The van der Waals surface area contributed by atoms with Crippen LogP contribution in [0.5, 0.6) is 5.75 Å². The first-order valence-corrected chi connectivity index (χ1v) is 11.0. The fraction of sp³-hybridized carbons (Fsp3) is 0.133. The van der Waals surface area contributed by atoms with Gasteiger partial charge in [0.15, 0.2) is 0 Å². The molecule has 1 N–H and O–H groups in total. The fourth-order valence-electron chi connectivity index (χ4n) is 3.46. The van der Waals surface area contributed by atoms with Crippen LogP contribution in [-0.4, -0.2) is 17.0 Å². The van der Waals surface area contributed by atoms with Gasteiger partial charge in [-0.25, -0.2) is 9.59 Å². The van der Waals surface area contributed by atoms with Gasteiger partial charge in [0.2, 0.25) is 0 Å². The minimum atomic E-state index is -0.886. The van der Waals surface area contributed by atoms with E-state index < -0.39 is 5.97 Å². The number of carboxylic acid groups (broad SMARTS) is 1. The zero-order valence-electron chi connectivity index (χ0n) is 19.8. The van der Waals surface area contributed by atoms with Gasteiger partial charge in [-0.15, -0.1) is 0 Å². The predicted molar refractivity (Wildman–Crippen MR) is 136 cm³/mol. The molecule has 0 bridgehead atoms. The van der Waals surface area contributed by atoms with Gasteiger partial charge in [0.05, 0.1) is 11.1 Å². The zero-order chi connectivity index (χ0) is 24.7. The fourth-order valence-corrected chi connectivity index (χ4v) is 3.46. The quantitative estimate of drug-likeness (QED) is 0.263. The molecule has 0 saturated heterocycles. The Labute approximate surface area is 200 Å². The number of para-hydroxylation sites is 1. The van der Waals surface area contributed by atoms with Crippen LogP contribution < -0.4 is 4.74 Å². The number of carbonyl (C=O) groups excluding carboxylic acids is 1. The molecule has 34 heavy (non-hydrogen) atoms. The van der Waals surface area contributed by atoms with E-state index >= 15 is 0 Å². The predicted octanol–water partition coefficient (Wildman–Crippen LogP) is 7.19. The van der Waals surface area contributed by atoms with E-state index in [4.69, 9.17) is 4.74 Å². The number of carboxylic acids is 1. The van der Waals surface area contributed by atoms with Gasteiger partial charge in [-0.3, -0.25) is 0 Å². The van der Waals surface area contributed by atoms with Crippen molar-refractivity contribution in [3.05, 3.63) is 124 Å². The molecule has 4 heteroatoms. The van der Waals surface area contributed by atoms with E-state index in [9.17, 15) is 14.7 Å². The summed E-state index contributed by atoms with van der Waals surface area (Å²) in [5.74, 6) is -0.597. The molecule has 0 atom stereocenters. The smallest absolute Gasteiger partial charge is 0.343 e. The standard InChI is InChI=1S/2C15H14O2/c1-11-7-9-13(10-8-11)15(16)17-14-6-4-3-5-12(14)2;1-10-7-8-13(15(16)17)14(9-10)12-6-4-3-5-11(12)2/h3-10H,1-2H3;3-9H,1-2H3,(H,16,17). The maximum Gasteiger partial charge on any atom is 0.343 e. The molecule has 0 aromatic heterocycles. The summed E-state index contributed by atoms with van der Waals surface area (Å²) in [6.07, 6.45) is 0. The first-order chi connectivity index (χ1) is 16.3. The Morgan fingerprint density at radius 3 is 1.85 bits per heavy atom. The molecule has 0 saturated carbocycles. The summed E-state index contributed by atoms with van der Waals surface area (Å²) in [7, 11) is 0. The van der Waals surface area contributed by atoms with Gasteiger partial charge in [-0.1, -0.05) is 77.9 Å². The van der Waals surface area contributed by atoms with Gasteiger partial charge in [0.25, 0.3) is 0 Å². The van der Waals surface area contributed by atoms with E-state index in [0.717, 1.165) is 33.4 Å². The molecule has 0 spiro atoms. The average molecular weight is 453 g/mol. The van der Waals surface area contributed by atoms with E-state index in [2.05, 4.69) is 0 Å². The largest absolute Gasteiger partial charge is 0.478 e. The Morgan fingerprint density at radius 2 is 1.24 bits per heavy atom. The van der Waals surface area contributed by atoms with Gasteiger partial charge in [0, 0.05) is 0 Å². The molecule has 4 aromatic rings. The van der Waals surface area contributed by atoms with Crippen molar-refractivity contribution in [2.24, 2.45) is 0 Å². The second kappa shape index (κ2) is 11.1. The number of rotatable bonds is 4. The summed E-state index contributed by atoms with van der Waals surface area (Å²) >= 11 is 0. The molecule has 0 aliphatic rings. The van der Waals surface area contributed by atoms with Gasteiger partial charge in [0.1, 0.15) is 5.75 Å². The third kappa shape index (κ3) is 6.20. The molecule has 4 rings (SSSR count). The molecule has 0 heterocycles. The van der Waals surface area contributed by atoms with Crippen molar-refractivity contribution in [1.82, 2.24) is 0 Å². The van der Waals surface area contributed by atoms with E-state index in [1.165, 1.54) is 0 Å². The summed E-state index contributed by atoms with van der Waals surface area (Å²) in [6, 6.07) is 28.1. The number of hydrogen-bond donors (Lipinski definition) is 1. The lowest BCUT2D eigenvalue weighted by Crippen LogP contribution is -2.09. The molecule has 0 aliphatic heterocycles. The number of hydrogen-bond acceptors (Lipinski definition) is 3. The van der Waals surface area contributed by atoms with Crippen LogP contribution >= 0.6 is 0 Å². The van der Waals surface area contributed by atoms with Gasteiger partial charge >= 0.3 is 11.9 Å². The second-order valence-corrected chi connectivity index (χ2v) is 8.19. The average Bonchev–Trinajstić information content (AvgIpc) is 2.81. The molecular weight excluding hydrogens is 424 g/mol. The highest BCUT2D eigenvalue weighted by molar-refractivity contribution is 5.96. The van der Waals surface area contributed by atoms with Crippen LogP contribution in [0.2, 0.25) is 0 Å². The van der Waals surface area contributed by atoms with Crippen LogP contribution in [0.4, 0.5) is 0 Å². The number of aromatic carboxylic acids is 1. The highest BCUT2D eigenvalue weighted by atomic mass is 16.5. The molecule has 0 amide bonds. The molecule has 0 radical (unpaired) electrons. The Balaban J connectivity index is 0.000000191. The van der Waals surface area contributed by atoms with Crippen molar-refractivity contribution in [1.29, 1.82) is 0 Å². The Bertz CT molecular complexity index is 1300. The van der Waals surface area contributed by atoms with Crippen molar-refractivity contribution >= 4 is 11.9 Å². The SMILES string of the molecule is Cc1ccc(C(=O)O)c(-c2ccccc2C)c1.Cc1ccc(C(=O)Oc2ccccc2C)cc1. The van der Waals surface area contributed by atoms with E-state index in [1.54, 1.807) is 24.3 Å². The topological polar surface area (TPSA) is 63.6 Å². The maximum absolute atomic E-state index is 11.9. The monoisotopic (exact) mass is 452 g/mol. The van der Waals surface area contributed by atoms with E-state index in [-0.39, 0.29) is 5.97 Å². The first-order valence-electron chi connectivity index (χ1n) is 11.0. The molecule has 0 fully saturated rings. The number of esters is 1. The molecule has 172 valence electrons. The highest BCUT2D eigenvalue weighted by Gasteiger charge is 2.13. The van der Waals surface area contributed by atoms with E-state index in [0.29, 0.717) is 16.9 Å². The lowest BCUT2D eigenvalue weighted by Gasteiger charge is -2.10. The van der Waals surface area contributed by atoms with Gasteiger partial charge < -0.3 is 9.84 Å². The van der Waals surface area contributed by atoms with Crippen molar-refractivity contribution in [3.63, 3.8) is 0 Å². The van der Waals surface area contributed by atoms with Crippen LogP contribution in [0.1, 0.15) is 43.0 Å². The zero-order valence-corrected chi connectivity index (χ0v) is 19.8. The molecule has 4 nitrogen and oxygen atoms in total. The summed E-state index contributed by atoms with van der Waals surface area (Å²) in [5, 5.41) is 9.21. The van der Waals surface area contributed by atoms with Crippen molar-refractivity contribution in [3.8, 4) is 16.9 Å². The summed E-state index contributed by atoms with van der Waals surface area (Å²) in [4.78, 5) is 23.1. The molecule has 4 aromatic carbocycles. The van der Waals surface area contributed by atoms with Crippen molar-refractivity contribution in [2.75, 3.05) is 0 Å². The highest BCUT2D eigenvalue weighted by Crippen LogP contribution is 2.27. The van der Waals surface area contributed by atoms with Crippen LogP contribution in [-0.2, 0) is 0 Å². The second-order valence-electron chi connectivity index (χ2n) is 8.19. The lowest BCUT2D eigenvalue weighted by molar-refractivity contribution is 0.0695. The molecule has 0 aliphatic carbocycles. The maximum atomic E-state index is 11.9. The van der Waals surface area contributed by atoms with Crippen LogP contribution in [0.15, 0.2) is 91.0 Å². The minimum Gasteiger partial charge on any atom is -0.478 e. The molecular formula is C30H28O4. The lowest BCUT2D eigenvalue weighted by atomic mass is 9.94. The Hall–Kier alpha value is -4.18. The number of carbonyl (C=O) groups is 2. The first kappa shape index (κ1) is 24.5. The van der Waals surface area contributed by atoms with E-state index in [1.807, 2.05) is 94.4 Å². The van der Waals surface area contributed by atoms with Crippen molar-refractivity contribution < 1.29 is 19.4 Å². The number of ether oxygens (including phenoxy) is 1. The van der Waals surface area contributed by atoms with Crippen LogP contribution in [0.25, 0.3) is 11.1 Å². The van der Waals surface area contributed by atoms with Gasteiger partial charge in [-0.05, 0) is 74.2 Å². The summed E-state index contributed by atoms with van der Waals surface area (Å²) in [6.45, 7) is 7.85. The third-order valence-corrected chi connectivity index (χ3v) is 5.42. The number of benzene rings is 4. The van der Waals surface area contributed by atoms with Crippen LogP contribution in [0.3, 0.4) is 0 Å². The normalized spacial score (nSPS) is 10.1. The summed E-state index contributed by atoms with van der Waals surface area (Å²) in [5.41, 5.74) is 6.91. The summed E-state index contributed by atoms with van der Waals surface area (Å²) < 4.78 is 5.33. The third-order valence-electron chi connectivity index (χ3n) is 5.42. The minimum absolute atomic E-state index is 0.320. The number of aryl methyl sites for hydroxylation is 4. The van der Waals surface area contributed by atoms with Crippen molar-refractivity contribution in [2.45, 2.75) is 27.7 Å². The Kier molecular flexibility index (Phi) is 7.99. The Morgan fingerprint density at radius 1 is 0.647 bits per heavy atom. The van der Waals surface area contributed by atoms with Crippen LogP contribution in [0, 0.1) is 27.7 Å². The van der Waals surface area contributed by atoms with Gasteiger partial charge in [-0.2, -0.15) is 0 Å².